The van der Waals surface area contributed by atoms with Gasteiger partial charge in [0.05, 0.1) is 5.41 Å². The monoisotopic (exact) mass is 891 g/mol. The molecule has 11 aromatic rings. The summed E-state index contributed by atoms with van der Waals surface area (Å²) >= 11 is 0. The first kappa shape index (κ1) is 41.4. The van der Waals surface area contributed by atoms with Crippen LogP contribution in [0.3, 0.4) is 0 Å². The van der Waals surface area contributed by atoms with Crippen molar-refractivity contribution in [2.75, 3.05) is 4.90 Å². The van der Waals surface area contributed by atoms with E-state index < -0.39 is 10.8 Å². The fourth-order valence-corrected chi connectivity index (χ4v) is 12.0. The Kier molecular flexibility index (Phi) is 9.92. The van der Waals surface area contributed by atoms with Crippen LogP contribution in [-0.4, -0.2) is 0 Å². The molecule has 0 aromatic heterocycles. The van der Waals surface area contributed by atoms with E-state index in [0.29, 0.717) is 0 Å². The largest absolute Gasteiger partial charge is 0.310 e. The lowest BCUT2D eigenvalue weighted by Crippen LogP contribution is -2.28. The van der Waals surface area contributed by atoms with Gasteiger partial charge >= 0.3 is 0 Å². The highest BCUT2D eigenvalue weighted by atomic mass is 15.1. The quantitative estimate of drug-likeness (QED) is 0.140. The van der Waals surface area contributed by atoms with Crippen LogP contribution in [0.1, 0.15) is 45.9 Å². The van der Waals surface area contributed by atoms with Crippen molar-refractivity contribution < 1.29 is 0 Å². The number of hydrogen-bond donors (Lipinski definition) is 0. The van der Waals surface area contributed by atoms with Gasteiger partial charge in [-0.2, -0.15) is 0 Å². The summed E-state index contributed by atoms with van der Waals surface area (Å²) in [6.45, 7) is 2.43. The van der Waals surface area contributed by atoms with Crippen molar-refractivity contribution in [1.82, 2.24) is 0 Å². The third-order valence-electron chi connectivity index (χ3n) is 15.3. The lowest BCUT2D eigenvalue weighted by molar-refractivity contribution is 0.714. The van der Waals surface area contributed by atoms with Crippen LogP contribution >= 0.6 is 0 Å². The molecule has 0 amide bonds. The number of hydrogen-bond acceptors (Lipinski definition) is 1. The maximum Gasteiger partial charge on any atom is 0.0714 e. The Morgan fingerprint density at radius 1 is 0.257 bits per heavy atom. The average Bonchev–Trinajstić information content (AvgIpc) is 3.89. The molecule has 0 aliphatic heterocycles. The first-order chi connectivity index (χ1) is 34.6. The van der Waals surface area contributed by atoms with Crippen LogP contribution in [0.2, 0.25) is 0 Å². The van der Waals surface area contributed by atoms with Crippen molar-refractivity contribution in [3.8, 4) is 55.6 Å². The van der Waals surface area contributed by atoms with E-state index in [2.05, 4.69) is 291 Å². The van der Waals surface area contributed by atoms with Crippen LogP contribution in [0, 0.1) is 0 Å². The van der Waals surface area contributed by atoms with E-state index in [1.54, 1.807) is 0 Å². The molecule has 11 aromatic carbocycles. The summed E-state index contributed by atoms with van der Waals surface area (Å²) in [6, 6.07) is 103. The first-order valence-corrected chi connectivity index (χ1v) is 24.4. The molecule has 1 unspecified atom stereocenters. The minimum Gasteiger partial charge on any atom is -0.310 e. The Hall–Kier alpha value is -8.78. The molecule has 0 heterocycles. The van der Waals surface area contributed by atoms with Gasteiger partial charge in [0, 0.05) is 22.5 Å². The van der Waals surface area contributed by atoms with Crippen molar-refractivity contribution in [2.24, 2.45) is 0 Å². The van der Waals surface area contributed by atoms with E-state index in [9.17, 15) is 0 Å². The van der Waals surface area contributed by atoms with Crippen molar-refractivity contribution in [1.29, 1.82) is 0 Å². The highest BCUT2D eigenvalue weighted by Crippen LogP contribution is 2.59. The molecule has 0 radical (unpaired) electrons. The molecule has 1 nitrogen and oxygen atoms in total. The van der Waals surface area contributed by atoms with Gasteiger partial charge in [0.2, 0.25) is 0 Å². The molecule has 1 heteroatoms. The lowest BCUT2D eigenvalue weighted by atomic mass is 9.67. The molecule has 0 spiro atoms. The standard InChI is InChI=1S/C69H49N/c1-68(53-24-11-4-12-25-53)64-33-19-31-59(52-22-9-3-10-23-52)67(64)62-45-43-57(46-65(62)68)70(56-40-38-51(39-41-56)50-36-34-49(35-37-50)48-20-7-2-8-21-48)58-42-44-61-60-30-17-18-32-63(60)69(66(61)47-58,54-26-13-5-14-27-54)55-28-15-6-16-29-55/h2-47H,1H3. The van der Waals surface area contributed by atoms with Gasteiger partial charge in [0.25, 0.3) is 0 Å². The molecule has 2 aliphatic rings. The topological polar surface area (TPSA) is 3.24 Å². The molecule has 0 bridgehead atoms. The Bertz CT molecular complexity index is 3640. The predicted molar refractivity (Wildman–Crippen MR) is 292 cm³/mol. The van der Waals surface area contributed by atoms with Crippen LogP contribution in [0.5, 0.6) is 0 Å². The summed E-state index contributed by atoms with van der Waals surface area (Å²) in [7, 11) is 0. The summed E-state index contributed by atoms with van der Waals surface area (Å²) in [5.74, 6) is 0. The van der Waals surface area contributed by atoms with Crippen molar-refractivity contribution >= 4 is 17.1 Å². The molecule has 0 N–H and O–H groups in total. The summed E-state index contributed by atoms with van der Waals surface area (Å²) in [5, 5.41) is 0. The van der Waals surface area contributed by atoms with Crippen LogP contribution in [0.15, 0.2) is 279 Å². The highest BCUT2D eigenvalue weighted by Gasteiger charge is 2.47. The third-order valence-corrected chi connectivity index (χ3v) is 15.3. The minimum absolute atomic E-state index is 0.413. The van der Waals surface area contributed by atoms with Gasteiger partial charge in [0.1, 0.15) is 0 Å². The van der Waals surface area contributed by atoms with Gasteiger partial charge in [-0.25, -0.2) is 0 Å². The van der Waals surface area contributed by atoms with Gasteiger partial charge in [-0.3, -0.25) is 0 Å². The zero-order chi connectivity index (χ0) is 46.7. The van der Waals surface area contributed by atoms with Crippen LogP contribution in [-0.2, 0) is 10.8 Å². The summed E-state index contributed by atoms with van der Waals surface area (Å²) in [6.07, 6.45) is 0. The second-order valence-corrected chi connectivity index (χ2v) is 18.9. The molecule has 1 atom stereocenters. The second kappa shape index (κ2) is 16.8. The lowest BCUT2D eigenvalue weighted by Gasteiger charge is -2.35. The van der Waals surface area contributed by atoms with Crippen LogP contribution in [0.4, 0.5) is 17.1 Å². The zero-order valence-electron chi connectivity index (χ0n) is 39.0. The molecule has 330 valence electrons. The summed E-state index contributed by atoms with van der Waals surface area (Å²) in [4.78, 5) is 2.49. The molecular weight excluding hydrogens is 843 g/mol. The van der Waals surface area contributed by atoms with E-state index in [4.69, 9.17) is 0 Å². The zero-order valence-corrected chi connectivity index (χ0v) is 39.0. The van der Waals surface area contributed by atoms with Gasteiger partial charge in [0.15, 0.2) is 0 Å². The minimum atomic E-state index is -0.537. The first-order valence-electron chi connectivity index (χ1n) is 24.4. The van der Waals surface area contributed by atoms with Crippen LogP contribution < -0.4 is 4.90 Å². The number of rotatable bonds is 9. The molecule has 2 aliphatic carbocycles. The van der Waals surface area contributed by atoms with E-state index in [0.717, 1.165) is 17.1 Å². The fourth-order valence-electron chi connectivity index (χ4n) is 12.0. The Labute approximate surface area is 411 Å². The van der Waals surface area contributed by atoms with Crippen molar-refractivity contribution in [3.05, 3.63) is 318 Å². The number of nitrogens with zero attached hydrogens (tertiary/aromatic N) is 1. The molecule has 13 rings (SSSR count). The Balaban J connectivity index is 1.03. The predicted octanol–water partition coefficient (Wildman–Crippen LogP) is 17.9. The second-order valence-electron chi connectivity index (χ2n) is 18.9. The molecule has 70 heavy (non-hydrogen) atoms. The normalized spacial score (nSPS) is 14.8. The third kappa shape index (κ3) is 6.46. The summed E-state index contributed by atoms with van der Waals surface area (Å²) < 4.78 is 0. The number of fused-ring (bicyclic) bond motifs is 6. The SMILES string of the molecule is CC1(c2ccccc2)c2cc(N(c3ccc(-c4ccc(-c5ccccc5)cc4)cc3)c3ccc4c(c3)C(c3ccccc3)(c3ccccc3)c3ccccc3-4)ccc2-c2c(-c3ccccc3)cccc21. The van der Waals surface area contributed by atoms with E-state index in [1.807, 2.05) is 0 Å². The van der Waals surface area contributed by atoms with E-state index >= 15 is 0 Å². The fraction of sp³-hybridized carbons (Fsp3) is 0.0435. The number of benzene rings is 11. The van der Waals surface area contributed by atoms with Gasteiger partial charge in [-0.05, 0) is 138 Å². The van der Waals surface area contributed by atoms with Gasteiger partial charge in [-0.1, -0.05) is 243 Å². The van der Waals surface area contributed by atoms with Crippen molar-refractivity contribution in [3.63, 3.8) is 0 Å². The van der Waals surface area contributed by atoms with Crippen LogP contribution in [0.25, 0.3) is 55.6 Å². The average molecular weight is 892 g/mol. The Morgan fingerprint density at radius 2 is 0.657 bits per heavy atom. The molecular formula is C69H49N. The van der Waals surface area contributed by atoms with Crippen molar-refractivity contribution in [2.45, 2.75) is 17.8 Å². The van der Waals surface area contributed by atoms with E-state index in [-0.39, 0.29) is 0 Å². The summed E-state index contributed by atoms with van der Waals surface area (Å²) in [5.41, 5.74) is 23.7. The maximum absolute atomic E-state index is 2.49. The smallest absolute Gasteiger partial charge is 0.0714 e. The number of anilines is 3. The maximum atomic E-state index is 2.49. The van der Waals surface area contributed by atoms with E-state index in [1.165, 1.54) is 94.6 Å². The molecule has 0 saturated heterocycles. The van der Waals surface area contributed by atoms with Gasteiger partial charge < -0.3 is 4.90 Å². The van der Waals surface area contributed by atoms with Gasteiger partial charge in [-0.15, -0.1) is 0 Å². The highest BCUT2D eigenvalue weighted by molar-refractivity contribution is 5.96. The molecule has 0 saturated carbocycles. The molecule has 0 fully saturated rings. The Morgan fingerprint density at radius 3 is 1.24 bits per heavy atom.